The largest absolute Gasteiger partial charge is 0.496 e. The van der Waals surface area contributed by atoms with Crippen molar-refractivity contribution < 1.29 is 9.47 Å². The number of benzene rings is 1. The third-order valence-corrected chi connectivity index (χ3v) is 5.19. The second-order valence-corrected chi connectivity index (χ2v) is 6.94. The lowest BCUT2D eigenvalue weighted by Crippen LogP contribution is -2.33. The molecule has 150 valence electrons. The van der Waals surface area contributed by atoms with Gasteiger partial charge in [-0.25, -0.2) is 0 Å². The van der Waals surface area contributed by atoms with Gasteiger partial charge in [0.1, 0.15) is 23.1 Å². The van der Waals surface area contributed by atoms with Gasteiger partial charge >= 0.3 is 0 Å². The summed E-state index contributed by atoms with van der Waals surface area (Å²) in [4.78, 5) is 18.0. The quantitative estimate of drug-likeness (QED) is 0.722. The first-order valence-corrected chi connectivity index (χ1v) is 9.40. The van der Waals surface area contributed by atoms with Crippen LogP contribution >= 0.6 is 0 Å². The predicted molar refractivity (Wildman–Crippen MR) is 111 cm³/mol. The first-order chi connectivity index (χ1) is 14.5. The minimum absolute atomic E-state index is 0.0119. The van der Waals surface area contributed by atoms with Crippen LogP contribution in [-0.2, 0) is 6.54 Å². The van der Waals surface area contributed by atoms with Crippen molar-refractivity contribution in [2.75, 3.05) is 7.11 Å². The highest BCUT2D eigenvalue weighted by atomic mass is 16.5. The molecule has 2 aromatic heterocycles. The standard InChI is InChI=1S/C23H20N4O3/c1-14-11-19-21(23(28)27(14)13-15-7-5-6-10-26-15)20(17(12-24)22(25)30-19)16-8-3-4-9-18(16)29-2/h3-11,20H,13,25H2,1-2H3/t20-/m1/s1. The Morgan fingerprint density at radius 1 is 1.27 bits per heavy atom. The molecule has 7 heteroatoms. The van der Waals surface area contributed by atoms with E-state index in [4.69, 9.17) is 15.2 Å². The summed E-state index contributed by atoms with van der Waals surface area (Å²) in [6, 6.07) is 16.7. The fourth-order valence-corrected chi connectivity index (χ4v) is 3.75. The Morgan fingerprint density at radius 3 is 2.73 bits per heavy atom. The van der Waals surface area contributed by atoms with E-state index in [1.54, 1.807) is 30.0 Å². The number of para-hydroxylation sites is 1. The number of fused-ring (bicyclic) bond motifs is 1. The summed E-state index contributed by atoms with van der Waals surface area (Å²) >= 11 is 0. The summed E-state index contributed by atoms with van der Waals surface area (Å²) < 4.78 is 12.8. The maximum absolute atomic E-state index is 13.6. The van der Waals surface area contributed by atoms with Crippen LogP contribution in [0, 0.1) is 18.3 Å². The van der Waals surface area contributed by atoms with Gasteiger partial charge in [-0.15, -0.1) is 0 Å². The molecule has 0 aliphatic carbocycles. The molecule has 1 aliphatic rings. The molecule has 30 heavy (non-hydrogen) atoms. The molecule has 0 bridgehead atoms. The van der Waals surface area contributed by atoms with Gasteiger partial charge in [0.2, 0.25) is 5.88 Å². The molecule has 7 nitrogen and oxygen atoms in total. The van der Waals surface area contributed by atoms with E-state index in [0.717, 1.165) is 5.69 Å². The van der Waals surface area contributed by atoms with Crippen molar-refractivity contribution in [1.29, 1.82) is 5.26 Å². The lowest BCUT2D eigenvalue weighted by Gasteiger charge is -2.28. The van der Waals surface area contributed by atoms with Crippen LogP contribution in [0.3, 0.4) is 0 Å². The van der Waals surface area contributed by atoms with E-state index in [9.17, 15) is 10.1 Å². The number of allylic oxidation sites excluding steroid dienone is 1. The van der Waals surface area contributed by atoms with Gasteiger partial charge in [0, 0.05) is 23.5 Å². The summed E-state index contributed by atoms with van der Waals surface area (Å²) in [5.74, 6) is 0.203. The highest BCUT2D eigenvalue weighted by Gasteiger charge is 2.35. The number of hydrogen-bond acceptors (Lipinski definition) is 6. The monoisotopic (exact) mass is 400 g/mol. The van der Waals surface area contributed by atoms with E-state index < -0.39 is 5.92 Å². The fraction of sp³-hybridized carbons (Fsp3) is 0.174. The predicted octanol–water partition coefficient (Wildman–Crippen LogP) is 2.83. The Labute approximate surface area is 173 Å². The van der Waals surface area contributed by atoms with E-state index in [-0.39, 0.29) is 17.0 Å². The summed E-state index contributed by atoms with van der Waals surface area (Å²) in [5, 5.41) is 9.80. The van der Waals surface area contributed by atoms with Crippen LogP contribution in [-0.4, -0.2) is 16.7 Å². The van der Waals surface area contributed by atoms with Crippen molar-refractivity contribution in [3.8, 4) is 17.6 Å². The number of pyridine rings is 2. The molecule has 0 radical (unpaired) electrons. The SMILES string of the molecule is COc1ccccc1[C@@H]1C(C#N)=C(N)Oc2cc(C)n(Cc3ccccn3)c(=O)c21. The number of nitrogens with zero attached hydrogens (tertiary/aromatic N) is 3. The Bertz CT molecular complexity index is 1240. The molecule has 0 saturated carbocycles. The van der Waals surface area contributed by atoms with E-state index in [0.29, 0.717) is 34.9 Å². The number of aromatic nitrogens is 2. The fourth-order valence-electron chi connectivity index (χ4n) is 3.75. The highest BCUT2D eigenvalue weighted by Crippen LogP contribution is 2.43. The molecular weight excluding hydrogens is 380 g/mol. The minimum atomic E-state index is -0.696. The maximum Gasteiger partial charge on any atom is 0.259 e. The van der Waals surface area contributed by atoms with Crippen molar-refractivity contribution in [2.24, 2.45) is 5.73 Å². The van der Waals surface area contributed by atoms with Crippen molar-refractivity contribution in [2.45, 2.75) is 19.4 Å². The smallest absolute Gasteiger partial charge is 0.259 e. The lowest BCUT2D eigenvalue weighted by molar-refractivity contribution is 0.382. The summed E-state index contributed by atoms with van der Waals surface area (Å²) in [5.41, 5.74) is 8.47. The number of nitriles is 1. The van der Waals surface area contributed by atoms with Gasteiger partial charge in [-0.05, 0) is 25.1 Å². The Morgan fingerprint density at radius 2 is 2.03 bits per heavy atom. The molecule has 1 atom stereocenters. The van der Waals surface area contributed by atoms with Crippen LogP contribution in [0.25, 0.3) is 0 Å². The number of methoxy groups -OCH3 is 1. The van der Waals surface area contributed by atoms with Gasteiger partial charge in [-0.3, -0.25) is 9.78 Å². The van der Waals surface area contributed by atoms with Gasteiger partial charge in [0.05, 0.1) is 30.8 Å². The van der Waals surface area contributed by atoms with Crippen LogP contribution in [0.5, 0.6) is 11.5 Å². The second-order valence-electron chi connectivity index (χ2n) is 6.94. The highest BCUT2D eigenvalue weighted by molar-refractivity contribution is 5.58. The average Bonchev–Trinajstić information content (AvgIpc) is 2.76. The molecule has 0 spiro atoms. The molecule has 3 heterocycles. The van der Waals surface area contributed by atoms with E-state index in [1.807, 2.05) is 43.3 Å². The van der Waals surface area contributed by atoms with E-state index >= 15 is 0 Å². The lowest BCUT2D eigenvalue weighted by atomic mass is 9.83. The van der Waals surface area contributed by atoms with E-state index in [2.05, 4.69) is 11.1 Å². The molecule has 4 rings (SSSR count). The normalized spacial score (nSPS) is 15.2. The molecule has 1 aliphatic heterocycles. The number of nitrogens with two attached hydrogens (primary N) is 1. The number of hydrogen-bond donors (Lipinski definition) is 1. The van der Waals surface area contributed by atoms with Crippen LogP contribution in [0.1, 0.15) is 28.4 Å². The van der Waals surface area contributed by atoms with E-state index in [1.165, 1.54) is 0 Å². The van der Waals surface area contributed by atoms with Gasteiger partial charge in [-0.1, -0.05) is 24.3 Å². The van der Waals surface area contributed by atoms with Crippen LogP contribution in [0.2, 0.25) is 0 Å². The van der Waals surface area contributed by atoms with Crippen molar-refractivity contribution >= 4 is 0 Å². The third-order valence-electron chi connectivity index (χ3n) is 5.19. The summed E-state index contributed by atoms with van der Waals surface area (Å²) in [6.07, 6.45) is 1.69. The topological polar surface area (TPSA) is 103 Å². The van der Waals surface area contributed by atoms with Crippen molar-refractivity contribution in [1.82, 2.24) is 9.55 Å². The minimum Gasteiger partial charge on any atom is -0.496 e. The first-order valence-electron chi connectivity index (χ1n) is 9.40. The number of rotatable bonds is 4. The average molecular weight is 400 g/mol. The van der Waals surface area contributed by atoms with Crippen LogP contribution < -0.4 is 20.8 Å². The first kappa shape index (κ1) is 19.3. The zero-order chi connectivity index (χ0) is 21.3. The zero-order valence-electron chi connectivity index (χ0n) is 16.6. The molecular formula is C23H20N4O3. The molecule has 2 N–H and O–H groups in total. The van der Waals surface area contributed by atoms with Gasteiger partial charge in [-0.2, -0.15) is 5.26 Å². The zero-order valence-corrected chi connectivity index (χ0v) is 16.6. The van der Waals surface area contributed by atoms with Crippen LogP contribution in [0.15, 0.2) is 71.0 Å². The summed E-state index contributed by atoms with van der Waals surface area (Å²) in [6.45, 7) is 2.13. The number of ether oxygens (including phenoxy) is 2. The second kappa shape index (κ2) is 7.76. The summed E-state index contributed by atoms with van der Waals surface area (Å²) in [7, 11) is 1.55. The Balaban J connectivity index is 1.96. The van der Waals surface area contributed by atoms with Crippen molar-refractivity contribution in [3.05, 3.63) is 99.1 Å². The molecule has 1 aromatic carbocycles. The Kier molecular flexibility index (Phi) is 4.98. The van der Waals surface area contributed by atoms with Gasteiger partial charge in [0.25, 0.3) is 5.56 Å². The van der Waals surface area contributed by atoms with Crippen molar-refractivity contribution in [3.63, 3.8) is 0 Å². The molecule has 0 fully saturated rings. The third kappa shape index (κ3) is 3.18. The molecule has 3 aromatic rings. The van der Waals surface area contributed by atoms with Gasteiger partial charge in [0.15, 0.2) is 0 Å². The number of aryl methyl sites for hydroxylation is 1. The molecule has 0 unspecified atom stereocenters. The maximum atomic E-state index is 13.6. The molecule has 0 saturated heterocycles. The Hall–Kier alpha value is -4.05. The van der Waals surface area contributed by atoms with Crippen LogP contribution in [0.4, 0.5) is 0 Å². The molecule has 0 amide bonds. The van der Waals surface area contributed by atoms with Gasteiger partial charge < -0.3 is 19.8 Å².